The van der Waals surface area contributed by atoms with Crippen molar-refractivity contribution >= 4 is 21.6 Å². The number of rotatable bonds is 4. The van der Waals surface area contributed by atoms with E-state index >= 15 is 0 Å². The van der Waals surface area contributed by atoms with Crippen molar-refractivity contribution in [3.63, 3.8) is 0 Å². The first-order chi connectivity index (χ1) is 9.94. The molecule has 0 unspecified atom stereocenters. The van der Waals surface area contributed by atoms with Gasteiger partial charge in [0.05, 0.1) is 10.2 Å². The molecular weight excluding hydrogens is 301 g/mol. The van der Waals surface area contributed by atoms with E-state index in [1.807, 2.05) is 11.5 Å². The van der Waals surface area contributed by atoms with Gasteiger partial charge in [0.25, 0.3) is 0 Å². The lowest BCUT2D eigenvalue weighted by atomic mass is 10.3. The molecule has 112 valence electrons. The summed E-state index contributed by atoms with van der Waals surface area (Å²) in [5, 5.41) is 0. The van der Waals surface area contributed by atoms with Crippen molar-refractivity contribution in [2.75, 3.05) is 6.54 Å². The molecule has 0 bridgehead atoms. The molecule has 0 spiro atoms. The molecule has 0 aliphatic carbocycles. The number of thiazole rings is 1. The van der Waals surface area contributed by atoms with Gasteiger partial charge in [-0.1, -0.05) is 24.2 Å². The van der Waals surface area contributed by atoms with Crippen LogP contribution in [0.5, 0.6) is 5.75 Å². The monoisotopic (exact) mass is 314 g/mol. The number of ether oxygens (including phenoxy) is 1. The van der Waals surface area contributed by atoms with Gasteiger partial charge >= 0.3 is 6.36 Å². The minimum atomic E-state index is -4.69. The van der Waals surface area contributed by atoms with Crippen molar-refractivity contribution in [2.45, 2.75) is 26.3 Å². The Morgan fingerprint density at radius 2 is 2.19 bits per heavy atom. The first-order valence-electron chi connectivity index (χ1n) is 6.27. The summed E-state index contributed by atoms with van der Waals surface area (Å²) in [4.78, 5) is 4.97. The minimum Gasteiger partial charge on any atom is -0.406 e. The smallest absolute Gasteiger partial charge is 0.406 e. The maximum Gasteiger partial charge on any atom is 0.573 e. The highest BCUT2D eigenvalue weighted by molar-refractivity contribution is 7.16. The van der Waals surface area contributed by atoms with E-state index in [-0.39, 0.29) is 12.3 Å². The third-order valence-corrected chi connectivity index (χ3v) is 3.72. The summed E-state index contributed by atoms with van der Waals surface area (Å²) in [5.74, 6) is 2.19. The fraction of sp³-hybridized carbons (Fsp3) is 0.357. The van der Waals surface area contributed by atoms with Crippen molar-refractivity contribution < 1.29 is 17.9 Å². The van der Waals surface area contributed by atoms with Crippen LogP contribution in [0.1, 0.15) is 13.3 Å². The predicted octanol–water partition coefficient (Wildman–Crippen LogP) is 3.55. The summed E-state index contributed by atoms with van der Waals surface area (Å²) >= 11 is 1.30. The quantitative estimate of drug-likeness (QED) is 0.793. The second kappa shape index (κ2) is 6.22. The molecule has 1 heterocycles. The molecule has 0 amide bonds. The van der Waals surface area contributed by atoms with Crippen molar-refractivity contribution in [1.29, 1.82) is 0 Å². The van der Waals surface area contributed by atoms with E-state index in [0.29, 0.717) is 9.50 Å². The van der Waals surface area contributed by atoms with Crippen LogP contribution < -0.4 is 9.54 Å². The highest BCUT2D eigenvalue weighted by atomic mass is 32.1. The van der Waals surface area contributed by atoms with Gasteiger partial charge in [0.15, 0.2) is 4.80 Å². The van der Waals surface area contributed by atoms with E-state index < -0.39 is 6.36 Å². The molecule has 1 aromatic heterocycles. The average Bonchev–Trinajstić information content (AvgIpc) is 2.72. The summed E-state index contributed by atoms with van der Waals surface area (Å²) in [7, 11) is 0. The Bertz CT molecular complexity index is 737. The van der Waals surface area contributed by atoms with Crippen LogP contribution in [0.2, 0.25) is 0 Å². The number of aromatic nitrogens is 1. The van der Waals surface area contributed by atoms with Gasteiger partial charge in [0, 0.05) is 6.54 Å². The number of nitrogens with zero attached hydrogens (tertiary/aromatic N) is 2. The number of benzene rings is 1. The van der Waals surface area contributed by atoms with E-state index in [4.69, 9.17) is 6.42 Å². The van der Waals surface area contributed by atoms with Gasteiger partial charge < -0.3 is 9.30 Å². The van der Waals surface area contributed by atoms with E-state index in [9.17, 15) is 13.2 Å². The maximum atomic E-state index is 12.2. The Balaban J connectivity index is 2.51. The SMILES string of the molecule is C#CCN=c1sc2cc(OC(F)(F)F)ccc2n1CCC. The Labute approximate surface area is 123 Å². The summed E-state index contributed by atoms with van der Waals surface area (Å²) in [5.41, 5.74) is 0.826. The zero-order chi connectivity index (χ0) is 15.5. The predicted molar refractivity (Wildman–Crippen MR) is 76.1 cm³/mol. The number of halogens is 3. The van der Waals surface area contributed by atoms with Gasteiger partial charge in [-0.3, -0.25) is 0 Å². The van der Waals surface area contributed by atoms with Gasteiger partial charge in [0.2, 0.25) is 0 Å². The van der Waals surface area contributed by atoms with Crippen LogP contribution in [0.4, 0.5) is 13.2 Å². The molecule has 2 aromatic rings. The molecular formula is C14H13F3N2OS. The van der Waals surface area contributed by atoms with Crippen molar-refractivity contribution in [1.82, 2.24) is 4.57 Å². The normalized spacial score (nSPS) is 12.6. The fourth-order valence-corrected chi connectivity index (χ4v) is 3.01. The molecule has 21 heavy (non-hydrogen) atoms. The minimum absolute atomic E-state index is 0.233. The van der Waals surface area contributed by atoms with Crippen LogP contribution in [-0.2, 0) is 6.54 Å². The summed E-state index contributed by atoms with van der Waals surface area (Å²) in [6.07, 6.45) is 1.39. The summed E-state index contributed by atoms with van der Waals surface area (Å²) in [6.45, 7) is 2.98. The highest BCUT2D eigenvalue weighted by Gasteiger charge is 2.31. The Morgan fingerprint density at radius 3 is 2.81 bits per heavy atom. The van der Waals surface area contributed by atoms with Crippen molar-refractivity contribution in [3.05, 3.63) is 23.0 Å². The van der Waals surface area contributed by atoms with Crippen LogP contribution >= 0.6 is 11.3 Å². The topological polar surface area (TPSA) is 26.5 Å². The van der Waals surface area contributed by atoms with Gasteiger partial charge in [-0.05, 0) is 24.6 Å². The van der Waals surface area contributed by atoms with E-state index in [1.54, 1.807) is 6.07 Å². The highest BCUT2D eigenvalue weighted by Crippen LogP contribution is 2.28. The van der Waals surface area contributed by atoms with Gasteiger partial charge in [0.1, 0.15) is 12.3 Å². The molecule has 0 N–H and O–H groups in total. The molecule has 0 aliphatic rings. The molecule has 0 fully saturated rings. The lowest BCUT2D eigenvalue weighted by Gasteiger charge is -2.08. The average molecular weight is 314 g/mol. The Kier molecular flexibility index (Phi) is 4.58. The number of aryl methyl sites for hydroxylation is 1. The molecule has 0 aliphatic heterocycles. The van der Waals surface area contributed by atoms with Crippen LogP contribution in [0.25, 0.3) is 10.2 Å². The molecule has 2 rings (SSSR count). The number of fused-ring (bicyclic) bond motifs is 1. The van der Waals surface area contributed by atoms with E-state index in [2.05, 4.69) is 15.6 Å². The van der Waals surface area contributed by atoms with Gasteiger partial charge in [-0.15, -0.1) is 19.6 Å². The van der Waals surface area contributed by atoms with Gasteiger partial charge in [-0.2, -0.15) is 0 Å². The molecule has 0 atom stereocenters. The fourth-order valence-electron chi connectivity index (χ4n) is 1.92. The van der Waals surface area contributed by atoms with E-state index in [0.717, 1.165) is 18.5 Å². The van der Waals surface area contributed by atoms with Gasteiger partial charge in [-0.25, -0.2) is 4.99 Å². The first kappa shape index (κ1) is 15.4. The maximum absolute atomic E-state index is 12.2. The van der Waals surface area contributed by atoms with Crippen LogP contribution in [-0.4, -0.2) is 17.5 Å². The summed E-state index contributed by atoms with van der Waals surface area (Å²) < 4.78 is 43.3. The second-order valence-corrected chi connectivity index (χ2v) is 5.24. The largest absolute Gasteiger partial charge is 0.573 e. The zero-order valence-electron chi connectivity index (χ0n) is 11.3. The van der Waals surface area contributed by atoms with Crippen molar-refractivity contribution in [3.8, 4) is 18.1 Å². The van der Waals surface area contributed by atoms with Crippen LogP contribution in [0.3, 0.4) is 0 Å². The van der Waals surface area contributed by atoms with Crippen LogP contribution in [0, 0.1) is 12.3 Å². The molecule has 0 radical (unpaired) electrons. The standard InChI is InChI=1S/C14H13F3N2OS/c1-3-7-18-13-19(8-4-2)11-6-5-10(9-12(11)21-13)20-14(15,16)17/h1,5-6,9H,4,7-8H2,2H3. The van der Waals surface area contributed by atoms with Crippen LogP contribution in [0.15, 0.2) is 23.2 Å². The molecule has 3 nitrogen and oxygen atoms in total. The molecule has 1 aromatic carbocycles. The number of terminal acetylenes is 1. The Morgan fingerprint density at radius 1 is 1.43 bits per heavy atom. The number of hydrogen-bond donors (Lipinski definition) is 0. The van der Waals surface area contributed by atoms with Crippen molar-refractivity contribution in [2.24, 2.45) is 4.99 Å². The number of hydrogen-bond acceptors (Lipinski definition) is 3. The second-order valence-electron chi connectivity index (χ2n) is 4.23. The van der Waals surface area contributed by atoms with E-state index in [1.165, 1.54) is 23.5 Å². The zero-order valence-corrected chi connectivity index (χ0v) is 12.1. The molecule has 0 saturated carbocycles. The Hall–Kier alpha value is -1.94. The first-order valence-corrected chi connectivity index (χ1v) is 7.09. The third-order valence-electron chi connectivity index (χ3n) is 2.64. The number of alkyl halides is 3. The molecule has 7 heteroatoms. The summed E-state index contributed by atoms with van der Waals surface area (Å²) in [6, 6.07) is 4.28. The lowest BCUT2D eigenvalue weighted by Crippen LogP contribution is -2.17. The third kappa shape index (κ3) is 3.79. The molecule has 0 saturated heterocycles. The lowest BCUT2D eigenvalue weighted by molar-refractivity contribution is -0.274.